The zero-order chi connectivity index (χ0) is 17.7. The maximum Gasteiger partial charge on any atom is 0.416 e. The molecule has 0 heterocycles. The van der Waals surface area contributed by atoms with E-state index < -0.39 is 29.5 Å². The van der Waals surface area contributed by atoms with Gasteiger partial charge in [0.2, 0.25) is 5.91 Å². The van der Waals surface area contributed by atoms with Gasteiger partial charge in [0.05, 0.1) is 5.56 Å². The van der Waals surface area contributed by atoms with Crippen molar-refractivity contribution in [3.8, 4) is 0 Å². The van der Waals surface area contributed by atoms with Gasteiger partial charge in [0.1, 0.15) is 5.92 Å². The van der Waals surface area contributed by atoms with Crippen molar-refractivity contribution in [2.45, 2.75) is 12.1 Å². The third-order valence-electron chi connectivity index (χ3n) is 3.22. The first kappa shape index (κ1) is 17.5. The normalized spacial score (nSPS) is 12.3. The van der Waals surface area contributed by atoms with Gasteiger partial charge in [-0.25, -0.2) is 5.48 Å². The first-order valence-corrected chi connectivity index (χ1v) is 6.80. The van der Waals surface area contributed by atoms with Crippen LogP contribution in [0, 0.1) is 0 Å². The highest BCUT2D eigenvalue weighted by Crippen LogP contribution is 2.31. The average molecular weight is 338 g/mol. The Morgan fingerprint density at radius 1 is 0.958 bits per heavy atom. The maximum absolute atomic E-state index is 12.7. The van der Waals surface area contributed by atoms with E-state index in [1.807, 2.05) is 0 Å². The third-order valence-corrected chi connectivity index (χ3v) is 3.22. The topological polar surface area (TPSA) is 78.4 Å². The van der Waals surface area contributed by atoms with E-state index in [0.717, 1.165) is 18.2 Å². The number of halogens is 3. The molecule has 24 heavy (non-hydrogen) atoms. The summed E-state index contributed by atoms with van der Waals surface area (Å²) in [6.45, 7) is 0. The SMILES string of the molecule is O=C(NO)C(C(=O)Nc1cccc(C(F)(F)F)c1)c1ccccc1. The van der Waals surface area contributed by atoms with Crippen LogP contribution in [0.2, 0.25) is 0 Å². The highest BCUT2D eigenvalue weighted by atomic mass is 19.4. The minimum Gasteiger partial charge on any atom is -0.325 e. The van der Waals surface area contributed by atoms with Crippen LogP contribution in [0.4, 0.5) is 18.9 Å². The highest BCUT2D eigenvalue weighted by Gasteiger charge is 2.32. The number of hydrogen-bond donors (Lipinski definition) is 3. The van der Waals surface area contributed by atoms with Gasteiger partial charge < -0.3 is 5.32 Å². The number of rotatable bonds is 4. The number of anilines is 1. The number of hydroxylamine groups is 1. The van der Waals surface area contributed by atoms with Crippen molar-refractivity contribution in [3.05, 3.63) is 65.7 Å². The van der Waals surface area contributed by atoms with E-state index in [4.69, 9.17) is 5.21 Å². The number of amides is 2. The molecule has 2 amide bonds. The van der Waals surface area contributed by atoms with Crippen molar-refractivity contribution >= 4 is 17.5 Å². The lowest BCUT2D eigenvalue weighted by Gasteiger charge is -2.16. The van der Waals surface area contributed by atoms with Crippen molar-refractivity contribution in [3.63, 3.8) is 0 Å². The molecule has 1 atom stereocenters. The fourth-order valence-electron chi connectivity index (χ4n) is 2.12. The molecular formula is C16H13F3N2O3. The molecule has 0 aliphatic rings. The Labute approximate surface area is 135 Å². The van der Waals surface area contributed by atoms with Crippen LogP contribution in [-0.2, 0) is 15.8 Å². The second-order valence-electron chi connectivity index (χ2n) is 4.89. The van der Waals surface area contributed by atoms with Crippen LogP contribution >= 0.6 is 0 Å². The molecule has 126 valence electrons. The van der Waals surface area contributed by atoms with E-state index in [-0.39, 0.29) is 11.3 Å². The molecule has 0 aliphatic heterocycles. The Morgan fingerprint density at radius 3 is 2.21 bits per heavy atom. The molecule has 0 aromatic heterocycles. The molecule has 0 spiro atoms. The van der Waals surface area contributed by atoms with Gasteiger partial charge in [-0.3, -0.25) is 14.8 Å². The summed E-state index contributed by atoms with van der Waals surface area (Å²) in [4.78, 5) is 24.1. The monoisotopic (exact) mass is 338 g/mol. The summed E-state index contributed by atoms with van der Waals surface area (Å²) in [5, 5.41) is 11.1. The number of carbonyl (C=O) groups is 2. The zero-order valence-electron chi connectivity index (χ0n) is 12.2. The van der Waals surface area contributed by atoms with Gasteiger partial charge in [-0.05, 0) is 23.8 Å². The van der Waals surface area contributed by atoms with Crippen LogP contribution in [0.5, 0.6) is 0 Å². The number of carbonyl (C=O) groups excluding carboxylic acids is 2. The molecular weight excluding hydrogens is 325 g/mol. The molecule has 0 fully saturated rings. The van der Waals surface area contributed by atoms with Gasteiger partial charge >= 0.3 is 6.18 Å². The number of alkyl halides is 3. The minimum atomic E-state index is -4.55. The van der Waals surface area contributed by atoms with E-state index >= 15 is 0 Å². The van der Waals surface area contributed by atoms with Gasteiger partial charge in [0.15, 0.2) is 0 Å². The molecule has 0 bridgehead atoms. The van der Waals surface area contributed by atoms with E-state index in [0.29, 0.717) is 0 Å². The summed E-state index contributed by atoms with van der Waals surface area (Å²) in [6.07, 6.45) is -4.55. The summed E-state index contributed by atoms with van der Waals surface area (Å²) in [5.41, 5.74) is 0.634. The fraction of sp³-hybridized carbons (Fsp3) is 0.125. The molecule has 0 radical (unpaired) electrons. The largest absolute Gasteiger partial charge is 0.416 e. The summed E-state index contributed by atoms with van der Waals surface area (Å²) >= 11 is 0. The average Bonchev–Trinajstić information content (AvgIpc) is 2.55. The maximum atomic E-state index is 12.7. The van der Waals surface area contributed by atoms with E-state index in [9.17, 15) is 22.8 Å². The second-order valence-corrected chi connectivity index (χ2v) is 4.89. The van der Waals surface area contributed by atoms with Crippen LogP contribution in [0.15, 0.2) is 54.6 Å². The van der Waals surface area contributed by atoms with Crippen molar-refractivity contribution in [2.24, 2.45) is 0 Å². The molecule has 5 nitrogen and oxygen atoms in total. The lowest BCUT2D eigenvalue weighted by atomic mass is 9.97. The molecule has 2 rings (SSSR count). The quantitative estimate of drug-likeness (QED) is 0.456. The van der Waals surface area contributed by atoms with E-state index in [1.165, 1.54) is 23.7 Å². The summed E-state index contributed by atoms with van der Waals surface area (Å²) in [5.74, 6) is -3.27. The van der Waals surface area contributed by atoms with E-state index in [2.05, 4.69) is 5.32 Å². The molecule has 2 aromatic carbocycles. The predicted molar refractivity (Wildman–Crippen MR) is 79.2 cm³/mol. The Hall–Kier alpha value is -2.87. The van der Waals surface area contributed by atoms with Gasteiger partial charge in [0, 0.05) is 5.69 Å². The molecule has 0 aliphatic carbocycles. The summed E-state index contributed by atoms with van der Waals surface area (Å²) in [6, 6.07) is 11.9. The Bertz CT molecular complexity index is 733. The van der Waals surface area contributed by atoms with Crippen LogP contribution in [0.3, 0.4) is 0 Å². The second kappa shape index (κ2) is 7.14. The highest BCUT2D eigenvalue weighted by molar-refractivity contribution is 6.10. The number of hydrogen-bond acceptors (Lipinski definition) is 3. The Balaban J connectivity index is 2.27. The standard InChI is InChI=1S/C16H13F3N2O3/c17-16(18,19)11-7-4-8-12(9-11)20-14(22)13(15(23)21-24)10-5-2-1-3-6-10/h1-9,13,24H,(H,20,22)(H,21,23). The van der Waals surface area contributed by atoms with Crippen LogP contribution in [0.25, 0.3) is 0 Å². The smallest absolute Gasteiger partial charge is 0.325 e. The molecule has 2 aromatic rings. The van der Waals surface area contributed by atoms with Crippen molar-refractivity contribution < 1.29 is 28.0 Å². The van der Waals surface area contributed by atoms with Crippen LogP contribution in [-0.4, -0.2) is 17.0 Å². The van der Waals surface area contributed by atoms with Crippen LogP contribution < -0.4 is 10.8 Å². The number of nitrogens with one attached hydrogen (secondary N) is 2. The lowest BCUT2D eigenvalue weighted by Crippen LogP contribution is -2.35. The summed E-state index contributed by atoms with van der Waals surface area (Å²) in [7, 11) is 0. The molecule has 8 heteroatoms. The first-order chi connectivity index (χ1) is 11.3. The number of benzene rings is 2. The zero-order valence-corrected chi connectivity index (χ0v) is 12.2. The Kier molecular flexibility index (Phi) is 5.20. The van der Waals surface area contributed by atoms with E-state index in [1.54, 1.807) is 18.2 Å². The third kappa shape index (κ3) is 4.11. The van der Waals surface area contributed by atoms with Crippen molar-refractivity contribution in [1.82, 2.24) is 5.48 Å². The predicted octanol–water partition coefficient (Wildman–Crippen LogP) is 2.93. The van der Waals surface area contributed by atoms with Gasteiger partial charge in [-0.1, -0.05) is 36.4 Å². The molecule has 0 saturated heterocycles. The molecule has 1 unspecified atom stereocenters. The molecule has 3 N–H and O–H groups in total. The van der Waals surface area contributed by atoms with Crippen LogP contribution in [0.1, 0.15) is 17.0 Å². The lowest BCUT2D eigenvalue weighted by molar-refractivity contribution is -0.138. The van der Waals surface area contributed by atoms with Crippen molar-refractivity contribution in [2.75, 3.05) is 5.32 Å². The minimum absolute atomic E-state index is 0.110. The first-order valence-electron chi connectivity index (χ1n) is 6.80. The molecule has 0 saturated carbocycles. The summed E-state index contributed by atoms with van der Waals surface area (Å²) < 4.78 is 38.1. The fourth-order valence-corrected chi connectivity index (χ4v) is 2.12. The van der Waals surface area contributed by atoms with Gasteiger partial charge in [0.25, 0.3) is 5.91 Å². The van der Waals surface area contributed by atoms with Gasteiger partial charge in [-0.15, -0.1) is 0 Å². The van der Waals surface area contributed by atoms with Gasteiger partial charge in [-0.2, -0.15) is 13.2 Å². The Morgan fingerprint density at radius 2 is 1.62 bits per heavy atom. The van der Waals surface area contributed by atoms with Crippen molar-refractivity contribution in [1.29, 1.82) is 0 Å².